The van der Waals surface area contributed by atoms with E-state index < -0.39 is 5.66 Å². The molecule has 2 rings (SSSR count). The minimum Gasteiger partial charge on any atom is -0.268 e. The lowest BCUT2D eigenvalue weighted by Crippen LogP contribution is -2.44. The standard InChI is InChI=1S/C5H8N2O4/c8-6(9)5-1-3-10-7(5)11-4-2-5/h1-4H2. The Hall–Kier alpha value is -0.720. The number of hydrogen-bond donors (Lipinski definition) is 0. The first-order chi connectivity index (χ1) is 5.26. The predicted molar refractivity (Wildman–Crippen MR) is 32.7 cm³/mol. The van der Waals surface area contributed by atoms with Gasteiger partial charge in [-0.1, -0.05) is 0 Å². The third-order valence-electron chi connectivity index (χ3n) is 2.10. The molecule has 0 atom stereocenters. The van der Waals surface area contributed by atoms with Crippen LogP contribution in [0.5, 0.6) is 0 Å². The largest absolute Gasteiger partial charge is 0.326 e. The van der Waals surface area contributed by atoms with Crippen LogP contribution in [0.1, 0.15) is 12.8 Å². The van der Waals surface area contributed by atoms with Crippen LogP contribution in [0.15, 0.2) is 0 Å². The summed E-state index contributed by atoms with van der Waals surface area (Å²) in [4.78, 5) is 20.1. The van der Waals surface area contributed by atoms with Crippen molar-refractivity contribution in [3.8, 4) is 0 Å². The predicted octanol–water partition coefficient (Wildman–Crippen LogP) is -0.0680. The molecule has 0 bridgehead atoms. The van der Waals surface area contributed by atoms with Crippen molar-refractivity contribution in [3.05, 3.63) is 10.1 Å². The van der Waals surface area contributed by atoms with E-state index in [1.165, 1.54) is 0 Å². The van der Waals surface area contributed by atoms with Crippen LogP contribution in [0.4, 0.5) is 0 Å². The molecule has 0 amide bonds. The highest BCUT2D eigenvalue weighted by Crippen LogP contribution is 2.35. The molecule has 2 saturated heterocycles. The molecule has 2 aliphatic heterocycles. The Morgan fingerprint density at radius 1 is 1.36 bits per heavy atom. The molecule has 0 spiro atoms. The average molecular weight is 160 g/mol. The van der Waals surface area contributed by atoms with Crippen molar-refractivity contribution in [2.75, 3.05) is 13.2 Å². The van der Waals surface area contributed by atoms with E-state index in [-0.39, 0.29) is 4.92 Å². The summed E-state index contributed by atoms with van der Waals surface area (Å²) in [6.07, 6.45) is 0.833. The SMILES string of the molecule is O=[N+]([O-])C12CCON1OCC2. The number of fused-ring (bicyclic) bond motifs is 1. The van der Waals surface area contributed by atoms with E-state index in [2.05, 4.69) is 0 Å². The quantitative estimate of drug-likeness (QED) is 0.397. The summed E-state index contributed by atoms with van der Waals surface area (Å²) in [7, 11) is 0. The molecule has 0 aromatic carbocycles. The number of hydrogen-bond acceptors (Lipinski definition) is 5. The van der Waals surface area contributed by atoms with Gasteiger partial charge in [0.25, 0.3) is 0 Å². The van der Waals surface area contributed by atoms with Crippen LogP contribution >= 0.6 is 0 Å². The van der Waals surface area contributed by atoms with Gasteiger partial charge in [-0.3, -0.25) is 19.8 Å². The molecule has 0 aliphatic carbocycles. The molecule has 0 aromatic heterocycles. The highest BCUT2D eigenvalue weighted by Gasteiger charge is 2.58. The number of nitro groups is 1. The van der Waals surface area contributed by atoms with E-state index in [0.717, 1.165) is 5.23 Å². The average Bonchev–Trinajstić information content (AvgIpc) is 2.40. The monoisotopic (exact) mass is 160 g/mol. The lowest BCUT2D eigenvalue weighted by molar-refractivity contribution is -0.630. The van der Waals surface area contributed by atoms with Gasteiger partial charge in [0.2, 0.25) is 0 Å². The highest BCUT2D eigenvalue weighted by molar-refractivity contribution is 4.79. The first kappa shape index (κ1) is 6.96. The van der Waals surface area contributed by atoms with Crippen molar-refractivity contribution in [2.45, 2.75) is 18.5 Å². The summed E-state index contributed by atoms with van der Waals surface area (Å²) in [5, 5.41) is 11.6. The highest BCUT2D eigenvalue weighted by atomic mass is 17.0. The lowest BCUT2D eigenvalue weighted by Gasteiger charge is -2.16. The minimum absolute atomic E-state index is 0.326. The third kappa shape index (κ3) is 0.770. The van der Waals surface area contributed by atoms with E-state index in [1.807, 2.05) is 0 Å². The van der Waals surface area contributed by atoms with Gasteiger partial charge in [-0.05, 0) is 0 Å². The summed E-state index contributed by atoms with van der Waals surface area (Å²) in [5.74, 6) is 0. The first-order valence-electron chi connectivity index (χ1n) is 3.46. The van der Waals surface area contributed by atoms with Crippen LogP contribution in [0, 0.1) is 10.1 Å². The molecule has 0 saturated carbocycles. The molecule has 2 fully saturated rings. The summed E-state index contributed by atoms with van der Waals surface area (Å²) >= 11 is 0. The number of rotatable bonds is 1. The van der Waals surface area contributed by atoms with Gasteiger partial charge < -0.3 is 0 Å². The van der Waals surface area contributed by atoms with Crippen molar-refractivity contribution >= 4 is 0 Å². The second kappa shape index (κ2) is 2.13. The molecule has 0 aromatic rings. The Morgan fingerprint density at radius 3 is 2.27 bits per heavy atom. The molecular weight excluding hydrogens is 152 g/mol. The van der Waals surface area contributed by atoms with Gasteiger partial charge in [0.15, 0.2) is 0 Å². The van der Waals surface area contributed by atoms with Gasteiger partial charge in [-0.25, -0.2) is 0 Å². The van der Waals surface area contributed by atoms with Gasteiger partial charge in [0, 0.05) is 10.1 Å². The number of hydroxylamine groups is 2. The maximum Gasteiger partial charge on any atom is 0.326 e. The Balaban J connectivity index is 2.26. The topological polar surface area (TPSA) is 64.8 Å². The molecule has 0 N–H and O–H groups in total. The molecule has 11 heavy (non-hydrogen) atoms. The van der Waals surface area contributed by atoms with Crippen LogP contribution in [0.2, 0.25) is 0 Å². The second-order valence-corrected chi connectivity index (χ2v) is 2.66. The molecule has 62 valence electrons. The van der Waals surface area contributed by atoms with E-state index in [1.54, 1.807) is 0 Å². The van der Waals surface area contributed by atoms with Crippen molar-refractivity contribution < 1.29 is 14.6 Å². The summed E-state index contributed by atoms with van der Waals surface area (Å²) in [6.45, 7) is 0.752. The van der Waals surface area contributed by atoms with Crippen LogP contribution in [0.25, 0.3) is 0 Å². The Labute approximate surface area is 62.7 Å². The van der Waals surface area contributed by atoms with Crippen LogP contribution in [-0.2, 0) is 9.68 Å². The molecular formula is C5H8N2O4. The zero-order valence-corrected chi connectivity index (χ0v) is 5.86. The molecule has 6 nitrogen and oxygen atoms in total. The van der Waals surface area contributed by atoms with Gasteiger partial charge in [0.05, 0.1) is 26.1 Å². The van der Waals surface area contributed by atoms with Crippen molar-refractivity contribution in [2.24, 2.45) is 0 Å². The summed E-state index contributed by atoms with van der Waals surface area (Å²) in [6, 6.07) is 0. The van der Waals surface area contributed by atoms with E-state index in [4.69, 9.17) is 9.68 Å². The maximum atomic E-state index is 10.6. The third-order valence-corrected chi connectivity index (χ3v) is 2.10. The van der Waals surface area contributed by atoms with E-state index >= 15 is 0 Å². The fraction of sp³-hybridized carbons (Fsp3) is 1.00. The fourth-order valence-electron chi connectivity index (χ4n) is 1.42. The van der Waals surface area contributed by atoms with Crippen molar-refractivity contribution in [1.29, 1.82) is 0 Å². The Morgan fingerprint density at radius 2 is 1.91 bits per heavy atom. The molecule has 2 aliphatic rings. The second-order valence-electron chi connectivity index (χ2n) is 2.66. The zero-order chi connectivity index (χ0) is 7.90. The first-order valence-corrected chi connectivity index (χ1v) is 3.46. The maximum absolute atomic E-state index is 10.6. The van der Waals surface area contributed by atoms with Crippen LogP contribution in [0.3, 0.4) is 0 Å². The smallest absolute Gasteiger partial charge is 0.268 e. The molecule has 6 heteroatoms. The summed E-state index contributed by atoms with van der Waals surface area (Å²) in [5.41, 5.74) is -1.08. The zero-order valence-electron chi connectivity index (χ0n) is 5.86. The number of nitrogens with zero attached hydrogens (tertiary/aromatic N) is 2. The minimum atomic E-state index is -1.08. The Kier molecular flexibility index (Phi) is 1.35. The van der Waals surface area contributed by atoms with Crippen molar-refractivity contribution in [3.63, 3.8) is 0 Å². The van der Waals surface area contributed by atoms with Gasteiger partial charge in [-0.15, -0.1) is 0 Å². The Bertz CT molecular complexity index is 185. The van der Waals surface area contributed by atoms with Crippen LogP contribution < -0.4 is 0 Å². The fourth-order valence-corrected chi connectivity index (χ4v) is 1.42. The molecule has 0 radical (unpaired) electrons. The van der Waals surface area contributed by atoms with Gasteiger partial charge >= 0.3 is 5.66 Å². The molecule has 2 heterocycles. The molecule has 0 unspecified atom stereocenters. The summed E-state index contributed by atoms with van der Waals surface area (Å²) < 4.78 is 0. The van der Waals surface area contributed by atoms with E-state index in [0.29, 0.717) is 26.1 Å². The van der Waals surface area contributed by atoms with Crippen molar-refractivity contribution in [1.82, 2.24) is 5.23 Å². The lowest BCUT2D eigenvalue weighted by atomic mass is 10.1. The normalized spacial score (nSPS) is 28.7. The van der Waals surface area contributed by atoms with E-state index in [9.17, 15) is 10.1 Å². The van der Waals surface area contributed by atoms with Crippen LogP contribution in [-0.4, -0.2) is 29.0 Å². The van der Waals surface area contributed by atoms with Gasteiger partial charge in [0.1, 0.15) is 0 Å². The van der Waals surface area contributed by atoms with Gasteiger partial charge in [-0.2, -0.15) is 0 Å².